The van der Waals surface area contributed by atoms with Crippen molar-refractivity contribution in [3.8, 4) is 0 Å². The maximum atomic E-state index is 4.64. The number of aryl methyl sites for hydroxylation is 3. The predicted octanol–water partition coefficient (Wildman–Crippen LogP) is 5.51. The molecule has 0 aliphatic heterocycles. The molecule has 0 amide bonds. The Labute approximate surface area is 148 Å². The zero-order valence-corrected chi connectivity index (χ0v) is 14.8. The Kier molecular flexibility index (Phi) is 5.14. The van der Waals surface area contributed by atoms with Crippen LogP contribution in [0.25, 0.3) is 0 Å². The Bertz CT molecular complexity index is 902. The summed E-state index contributed by atoms with van der Waals surface area (Å²) in [6.45, 7) is 6.27. The molecule has 3 heteroatoms. The van der Waals surface area contributed by atoms with Gasteiger partial charge in [-0.3, -0.25) is 9.98 Å². The molecule has 0 bridgehead atoms. The first-order valence-electron chi connectivity index (χ1n) is 8.30. The summed E-state index contributed by atoms with van der Waals surface area (Å²) in [5, 5.41) is 0. The van der Waals surface area contributed by atoms with Crippen LogP contribution in [-0.2, 0) is 0 Å². The second-order valence-corrected chi connectivity index (χ2v) is 6.09. The van der Waals surface area contributed by atoms with Gasteiger partial charge < -0.3 is 0 Å². The van der Waals surface area contributed by atoms with E-state index in [9.17, 15) is 0 Å². The van der Waals surface area contributed by atoms with Gasteiger partial charge in [-0.1, -0.05) is 42.0 Å². The van der Waals surface area contributed by atoms with Gasteiger partial charge in [-0.15, -0.1) is 0 Å². The Balaban J connectivity index is 1.82. The number of pyridine rings is 1. The van der Waals surface area contributed by atoms with E-state index in [0.717, 1.165) is 22.8 Å². The molecule has 3 nitrogen and oxygen atoms in total. The molecule has 0 saturated carbocycles. The second-order valence-electron chi connectivity index (χ2n) is 6.09. The third kappa shape index (κ3) is 4.48. The number of rotatable bonds is 4. The van der Waals surface area contributed by atoms with Gasteiger partial charge in [-0.2, -0.15) is 0 Å². The molecule has 3 rings (SSSR count). The van der Waals surface area contributed by atoms with E-state index in [1.165, 1.54) is 16.7 Å². The molecule has 0 aliphatic carbocycles. The lowest BCUT2D eigenvalue weighted by Gasteiger charge is -2.06. The molecule has 1 heterocycles. The number of hydrogen-bond donors (Lipinski definition) is 0. The van der Waals surface area contributed by atoms with Crippen LogP contribution in [0, 0.1) is 20.8 Å². The lowest BCUT2D eigenvalue weighted by atomic mass is 10.1. The number of hydrogen-bond acceptors (Lipinski definition) is 3. The average molecular weight is 327 g/mol. The molecule has 0 atom stereocenters. The van der Waals surface area contributed by atoms with Crippen LogP contribution in [0.3, 0.4) is 0 Å². The molecule has 0 spiro atoms. The quantitative estimate of drug-likeness (QED) is 0.582. The predicted molar refractivity (Wildman–Crippen MR) is 106 cm³/mol. The first-order valence-corrected chi connectivity index (χ1v) is 8.30. The van der Waals surface area contributed by atoms with Gasteiger partial charge in [-0.25, -0.2) is 4.98 Å². The Morgan fingerprint density at radius 3 is 1.96 bits per heavy atom. The molecule has 0 aliphatic rings. The number of para-hydroxylation sites is 1. The molecule has 0 fully saturated rings. The lowest BCUT2D eigenvalue weighted by Crippen LogP contribution is -1.93. The summed E-state index contributed by atoms with van der Waals surface area (Å²) >= 11 is 0. The summed E-state index contributed by atoms with van der Waals surface area (Å²) in [7, 11) is 0. The zero-order chi connectivity index (χ0) is 17.6. The van der Waals surface area contributed by atoms with E-state index in [1.54, 1.807) is 6.21 Å². The summed E-state index contributed by atoms with van der Waals surface area (Å²) in [6.07, 6.45) is 3.58. The van der Waals surface area contributed by atoms with E-state index in [1.807, 2.05) is 54.7 Å². The van der Waals surface area contributed by atoms with Gasteiger partial charge in [0.05, 0.1) is 35.2 Å². The Morgan fingerprint density at radius 2 is 1.32 bits per heavy atom. The van der Waals surface area contributed by atoms with E-state index >= 15 is 0 Å². The van der Waals surface area contributed by atoms with Crippen molar-refractivity contribution in [2.24, 2.45) is 9.98 Å². The summed E-state index contributed by atoms with van der Waals surface area (Å²) in [6, 6.07) is 20.0. The van der Waals surface area contributed by atoms with Crippen molar-refractivity contribution in [2.75, 3.05) is 0 Å². The van der Waals surface area contributed by atoms with Crippen molar-refractivity contribution in [3.05, 3.63) is 88.7 Å². The number of nitrogens with zero attached hydrogens (tertiary/aromatic N) is 3. The van der Waals surface area contributed by atoms with Crippen LogP contribution < -0.4 is 0 Å². The smallest absolute Gasteiger partial charge is 0.0820 e. The summed E-state index contributed by atoms with van der Waals surface area (Å²) in [5.41, 5.74) is 7.16. The highest BCUT2D eigenvalue weighted by Gasteiger charge is 2.02. The van der Waals surface area contributed by atoms with Crippen LogP contribution in [0.2, 0.25) is 0 Å². The highest BCUT2D eigenvalue weighted by atomic mass is 14.8. The topological polar surface area (TPSA) is 37.6 Å². The van der Waals surface area contributed by atoms with E-state index in [2.05, 4.69) is 47.9 Å². The Morgan fingerprint density at radius 1 is 0.720 bits per heavy atom. The minimum atomic E-state index is 0.810. The number of aromatic nitrogens is 1. The van der Waals surface area contributed by atoms with E-state index in [0.29, 0.717) is 0 Å². The average Bonchev–Trinajstić information content (AvgIpc) is 2.60. The monoisotopic (exact) mass is 327 g/mol. The molecule has 0 radical (unpaired) electrons. The van der Waals surface area contributed by atoms with Gasteiger partial charge in [0.2, 0.25) is 0 Å². The first kappa shape index (κ1) is 16.8. The molecule has 1 aromatic heterocycles. The molecular formula is C22H21N3. The van der Waals surface area contributed by atoms with Gasteiger partial charge in [0.25, 0.3) is 0 Å². The van der Waals surface area contributed by atoms with Crippen LogP contribution in [0.15, 0.2) is 70.6 Å². The normalized spacial score (nSPS) is 11.5. The maximum absolute atomic E-state index is 4.64. The minimum Gasteiger partial charge on any atom is -0.255 e. The minimum absolute atomic E-state index is 0.810. The largest absolute Gasteiger partial charge is 0.255 e. The molecular weight excluding hydrogens is 306 g/mol. The van der Waals surface area contributed by atoms with Crippen LogP contribution in [0.1, 0.15) is 28.1 Å². The van der Waals surface area contributed by atoms with Gasteiger partial charge in [0.1, 0.15) is 0 Å². The van der Waals surface area contributed by atoms with Crippen molar-refractivity contribution in [1.82, 2.24) is 4.98 Å². The van der Waals surface area contributed by atoms with Crippen LogP contribution in [0.4, 0.5) is 11.4 Å². The fourth-order valence-electron chi connectivity index (χ4n) is 2.77. The Hall–Kier alpha value is -3.07. The van der Waals surface area contributed by atoms with Crippen LogP contribution in [-0.4, -0.2) is 17.4 Å². The maximum Gasteiger partial charge on any atom is 0.0820 e. The molecule has 25 heavy (non-hydrogen) atoms. The van der Waals surface area contributed by atoms with Crippen molar-refractivity contribution < 1.29 is 0 Å². The summed E-state index contributed by atoms with van der Waals surface area (Å²) < 4.78 is 0. The lowest BCUT2D eigenvalue weighted by molar-refractivity contribution is 1.26. The van der Waals surface area contributed by atoms with Crippen molar-refractivity contribution >= 4 is 23.8 Å². The third-order valence-corrected chi connectivity index (χ3v) is 3.86. The highest BCUT2D eigenvalue weighted by molar-refractivity contribution is 5.84. The number of benzene rings is 2. The van der Waals surface area contributed by atoms with Crippen LogP contribution >= 0.6 is 0 Å². The van der Waals surface area contributed by atoms with E-state index in [-0.39, 0.29) is 0 Å². The SMILES string of the molecule is Cc1cc(C)c(/N=C/c2cccc(/C=N/c3ccccc3)n2)c(C)c1. The van der Waals surface area contributed by atoms with Crippen molar-refractivity contribution in [3.63, 3.8) is 0 Å². The van der Waals surface area contributed by atoms with Crippen molar-refractivity contribution in [1.29, 1.82) is 0 Å². The number of aliphatic imine (C=N–C) groups is 2. The third-order valence-electron chi connectivity index (χ3n) is 3.86. The van der Waals surface area contributed by atoms with E-state index in [4.69, 9.17) is 0 Å². The summed E-state index contributed by atoms with van der Waals surface area (Å²) in [5.74, 6) is 0. The van der Waals surface area contributed by atoms with Gasteiger partial charge in [-0.05, 0) is 56.2 Å². The molecule has 0 N–H and O–H groups in total. The molecule has 124 valence electrons. The second kappa shape index (κ2) is 7.67. The molecule has 0 saturated heterocycles. The highest BCUT2D eigenvalue weighted by Crippen LogP contribution is 2.24. The van der Waals surface area contributed by atoms with Crippen molar-refractivity contribution in [2.45, 2.75) is 20.8 Å². The van der Waals surface area contributed by atoms with Gasteiger partial charge in [0, 0.05) is 0 Å². The molecule has 0 unspecified atom stereocenters. The first-order chi connectivity index (χ1) is 12.1. The molecule has 2 aromatic carbocycles. The summed E-state index contributed by atoms with van der Waals surface area (Å²) in [4.78, 5) is 13.7. The zero-order valence-electron chi connectivity index (χ0n) is 14.8. The fraction of sp³-hybridized carbons (Fsp3) is 0.136. The fourth-order valence-corrected chi connectivity index (χ4v) is 2.77. The van der Waals surface area contributed by atoms with Gasteiger partial charge in [0.15, 0.2) is 0 Å². The van der Waals surface area contributed by atoms with Gasteiger partial charge >= 0.3 is 0 Å². The van der Waals surface area contributed by atoms with Crippen LogP contribution in [0.5, 0.6) is 0 Å². The molecule has 3 aromatic rings. The van der Waals surface area contributed by atoms with E-state index < -0.39 is 0 Å². The standard InChI is InChI=1S/C22H21N3/c1-16-12-17(2)22(18(3)13-16)24-15-21-11-7-10-20(25-21)14-23-19-8-5-4-6-9-19/h4-15H,1-3H3/b23-14+,24-15+.